The van der Waals surface area contributed by atoms with Gasteiger partial charge in [-0.3, -0.25) is 4.79 Å². The maximum absolute atomic E-state index is 12.8. The van der Waals surface area contributed by atoms with Crippen molar-refractivity contribution in [2.24, 2.45) is 0 Å². The number of benzene rings is 3. The standard InChI is InChI=1S/C21H21BN2O4/c1-22(28)24-19(13-14-10-11-15-6-2-3-7-16(15)12-14)20(25)23-18-9-5-4-8-17(18)21(26)27/h2-12,19,24,28H,13H2,1H3,(H,23,25)(H,26,27). The van der Waals surface area contributed by atoms with Crippen LogP contribution in [0, 0.1) is 0 Å². The number of carboxylic acid groups (broad SMARTS) is 1. The van der Waals surface area contributed by atoms with Crippen LogP contribution in [0.2, 0.25) is 6.82 Å². The van der Waals surface area contributed by atoms with E-state index in [-0.39, 0.29) is 11.3 Å². The molecular weight excluding hydrogens is 355 g/mol. The van der Waals surface area contributed by atoms with Crippen LogP contribution in [0.25, 0.3) is 10.8 Å². The molecule has 142 valence electrons. The van der Waals surface area contributed by atoms with E-state index in [4.69, 9.17) is 0 Å². The minimum atomic E-state index is -1.12. The molecule has 0 aliphatic carbocycles. The first kappa shape index (κ1) is 19.6. The molecule has 0 heterocycles. The highest BCUT2D eigenvalue weighted by Gasteiger charge is 2.23. The second-order valence-electron chi connectivity index (χ2n) is 6.62. The molecule has 1 unspecified atom stereocenters. The first-order valence-electron chi connectivity index (χ1n) is 8.99. The van der Waals surface area contributed by atoms with Gasteiger partial charge in [0.15, 0.2) is 0 Å². The molecular formula is C21H21BN2O4. The summed E-state index contributed by atoms with van der Waals surface area (Å²) in [5.41, 5.74) is 1.16. The van der Waals surface area contributed by atoms with Crippen molar-refractivity contribution < 1.29 is 19.7 Å². The molecule has 7 heteroatoms. The highest BCUT2D eigenvalue weighted by atomic mass is 16.4. The van der Waals surface area contributed by atoms with Gasteiger partial charge in [-0.15, -0.1) is 0 Å². The zero-order valence-corrected chi connectivity index (χ0v) is 15.4. The summed E-state index contributed by atoms with van der Waals surface area (Å²) < 4.78 is 0. The molecule has 3 rings (SSSR count). The zero-order chi connectivity index (χ0) is 20.1. The van der Waals surface area contributed by atoms with Crippen LogP contribution in [0.1, 0.15) is 15.9 Å². The van der Waals surface area contributed by atoms with Crippen LogP contribution in [-0.4, -0.2) is 35.1 Å². The van der Waals surface area contributed by atoms with E-state index in [1.165, 1.54) is 19.0 Å². The van der Waals surface area contributed by atoms with Crippen LogP contribution in [0.5, 0.6) is 0 Å². The fraction of sp³-hybridized carbons (Fsp3) is 0.143. The van der Waals surface area contributed by atoms with E-state index in [2.05, 4.69) is 10.5 Å². The molecule has 0 aliphatic heterocycles. The van der Waals surface area contributed by atoms with Crippen LogP contribution in [0.4, 0.5) is 5.69 Å². The van der Waals surface area contributed by atoms with Gasteiger partial charge in [-0.1, -0.05) is 54.6 Å². The SMILES string of the molecule is CB(O)NC(Cc1ccc2ccccc2c1)C(=O)Nc1ccccc1C(=O)O. The van der Waals surface area contributed by atoms with Crippen LogP contribution >= 0.6 is 0 Å². The summed E-state index contributed by atoms with van der Waals surface area (Å²) >= 11 is 0. The Balaban J connectivity index is 1.82. The second-order valence-corrected chi connectivity index (χ2v) is 6.62. The van der Waals surface area contributed by atoms with Gasteiger partial charge in [-0.05, 0) is 41.7 Å². The Kier molecular flexibility index (Phi) is 6.08. The summed E-state index contributed by atoms with van der Waals surface area (Å²) in [4.78, 5) is 24.2. The van der Waals surface area contributed by atoms with Gasteiger partial charge in [-0.2, -0.15) is 0 Å². The van der Waals surface area contributed by atoms with Gasteiger partial charge in [0.1, 0.15) is 0 Å². The molecule has 3 aromatic rings. The van der Waals surface area contributed by atoms with Crippen LogP contribution < -0.4 is 10.5 Å². The number of amides is 1. The van der Waals surface area contributed by atoms with Gasteiger partial charge in [-0.25, -0.2) is 4.79 Å². The number of rotatable bonds is 7. The number of carboxylic acids is 1. The topological polar surface area (TPSA) is 98.7 Å². The average Bonchev–Trinajstić information content (AvgIpc) is 2.67. The number of carbonyl (C=O) groups is 2. The van der Waals surface area contributed by atoms with E-state index in [1.807, 2.05) is 42.5 Å². The summed E-state index contributed by atoms with van der Waals surface area (Å²) in [6.07, 6.45) is 0.344. The van der Waals surface area contributed by atoms with Crippen molar-refractivity contribution in [3.05, 3.63) is 77.9 Å². The number of nitrogens with one attached hydrogen (secondary N) is 2. The van der Waals surface area contributed by atoms with Crippen LogP contribution in [0.3, 0.4) is 0 Å². The van der Waals surface area contributed by atoms with Gasteiger partial charge < -0.3 is 20.7 Å². The van der Waals surface area contributed by atoms with Gasteiger partial charge in [0, 0.05) is 0 Å². The normalized spacial score (nSPS) is 11.8. The monoisotopic (exact) mass is 376 g/mol. The number of carbonyl (C=O) groups excluding carboxylic acids is 1. The highest BCUT2D eigenvalue weighted by Crippen LogP contribution is 2.18. The molecule has 4 N–H and O–H groups in total. The predicted molar refractivity (Wildman–Crippen MR) is 110 cm³/mol. The van der Waals surface area contributed by atoms with Crippen molar-refractivity contribution in [1.29, 1.82) is 0 Å². The molecule has 0 aliphatic rings. The molecule has 0 saturated heterocycles. The van der Waals surface area contributed by atoms with Crippen molar-refractivity contribution in [2.45, 2.75) is 19.3 Å². The Hall–Kier alpha value is -3.16. The van der Waals surface area contributed by atoms with Crippen molar-refractivity contribution in [3.8, 4) is 0 Å². The molecule has 6 nitrogen and oxygen atoms in total. The fourth-order valence-electron chi connectivity index (χ4n) is 3.12. The summed E-state index contributed by atoms with van der Waals surface area (Å²) in [6.45, 7) is 1.53. The average molecular weight is 376 g/mol. The molecule has 0 spiro atoms. The van der Waals surface area contributed by atoms with Crippen LogP contribution in [0.15, 0.2) is 66.7 Å². The summed E-state index contributed by atoms with van der Waals surface area (Å²) in [5.74, 6) is -1.53. The lowest BCUT2D eigenvalue weighted by molar-refractivity contribution is -0.117. The number of hydrogen-bond acceptors (Lipinski definition) is 4. The van der Waals surface area contributed by atoms with E-state index in [9.17, 15) is 19.7 Å². The molecule has 0 saturated carbocycles. The number of aromatic carboxylic acids is 1. The van der Waals surface area contributed by atoms with Gasteiger partial charge in [0.05, 0.1) is 17.3 Å². The minimum absolute atomic E-state index is 0.0114. The molecule has 0 aromatic heterocycles. The van der Waals surface area contributed by atoms with Gasteiger partial charge in [0.2, 0.25) is 5.91 Å². The summed E-state index contributed by atoms with van der Waals surface area (Å²) in [7, 11) is -0.897. The number of para-hydroxylation sites is 1. The number of fused-ring (bicyclic) bond motifs is 1. The maximum atomic E-state index is 12.8. The lowest BCUT2D eigenvalue weighted by Gasteiger charge is -2.20. The lowest BCUT2D eigenvalue weighted by atomic mass is 9.85. The first-order chi connectivity index (χ1) is 13.4. The first-order valence-corrected chi connectivity index (χ1v) is 8.99. The van der Waals surface area contributed by atoms with Crippen molar-refractivity contribution in [2.75, 3.05) is 5.32 Å². The quantitative estimate of drug-likeness (QED) is 0.476. The van der Waals surface area contributed by atoms with Crippen molar-refractivity contribution in [1.82, 2.24) is 5.23 Å². The molecule has 0 fully saturated rings. The molecule has 28 heavy (non-hydrogen) atoms. The van der Waals surface area contributed by atoms with Gasteiger partial charge in [0.25, 0.3) is 0 Å². The van der Waals surface area contributed by atoms with E-state index < -0.39 is 25.0 Å². The number of hydrogen-bond donors (Lipinski definition) is 4. The minimum Gasteiger partial charge on any atom is -0.478 e. The van der Waals surface area contributed by atoms with E-state index in [1.54, 1.807) is 12.1 Å². The maximum Gasteiger partial charge on any atom is 0.374 e. The summed E-state index contributed by atoms with van der Waals surface area (Å²) in [5, 5.41) is 26.7. The Morgan fingerprint density at radius 2 is 1.68 bits per heavy atom. The van der Waals surface area contributed by atoms with E-state index >= 15 is 0 Å². The highest BCUT2D eigenvalue weighted by molar-refractivity contribution is 6.46. The Labute approximate surface area is 163 Å². The van der Waals surface area contributed by atoms with Crippen molar-refractivity contribution in [3.63, 3.8) is 0 Å². The Bertz CT molecular complexity index is 1010. The molecule has 1 amide bonds. The third-order valence-electron chi connectivity index (χ3n) is 4.43. The van der Waals surface area contributed by atoms with Crippen molar-refractivity contribution >= 4 is 35.4 Å². The molecule has 0 radical (unpaired) electrons. The zero-order valence-electron chi connectivity index (χ0n) is 15.4. The largest absolute Gasteiger partial charge is 0.478 e. The van der Waals surface area contributed by atoms with Gasteiger partial charge >= 0.3 is 13.0 Å². The van der Waals surface area contributed by atoms with Crippen LogP contribution in [-0.2, 0) is 11.2 Å². The third-order valence-corrected chi connectivity index (χ3v) is 4.43. The second kappa shape index (κ2) is 8.69. The number of anilines is 1. The summed E-state index contributed by atoms with van der Waals surface area (Å²) in [6, 6.07) is 19.4. The molecule has 3 aromatic carbocycles. The predicted octanol–water partition coefficient (Wildman–Crippen LogP) is 2.79. The third kappa shape index (κ3) is 4.76. The Morgan fingerprint density at radius 1 is 1.00 bits per heavy atom. The molecule has 0 bridgehead atoms. The van der Waals surface area contributed by atoms with E-state index in [0.29, 0.717) is 6.42 Å². The van der Waals surface area contributed by atoms with E-state index in [0.717, 1.165) is 16.3 Å². The smallest absolute Gasteiger partial charge is 0.374 e. The molecule has 1 atom stereocenters. The lowest BCUT2D eigenvalue weighted by Crippen LogP contribution is -2.48. The fourth-order valence-corrected chi connectivity index (χ4v) is 3.12. The Morgan fingerprint density at radius 3 is 2.39 bits per heavy atom.